The molecule has 0 spiro atoms. The van der Waals surface area contributed by atoms with Gasteiger partial charge in [0.25, 0.3) is 5.24 Å². The number of carboxylic acid groups (broad SMARTS) is 1. The Morgan fingerprint density at radius 2 is 1.97 bits per heavy atom. The molecule has 8 nitrogen and oxygen atoms in total. The fourth-order valence-electron chi connectivity index (χ4n) is 3.63. The van der Waals surface area contributed by atoms with Gasteiger partial charge in [0.15, 0.2) is 5.54 Å². The number of thiophene rings is 1. The number of anilines is 1. The lowest BCUT2D eigenvalue weighted by Gasteiger charge is -2.55. The van der Waals surface area contributed by atoms with Crippen molar-refractivity contribution >= 4 is 62.9 Å². The Kier molecular flexibility index (Phi) is 6.00. The maximum atomic E-state index is 12.9. The highest BCUT2D eigenvalue weighted by molar-refractivity contribution is 8.13. The van der Waals surface area contributed by atoms with E-state index in [1.165, 1.54) is 39.8 Å². The maximum Gasteiger partial charge on any atom is 0.332 e. The predicted octanol–water partition coefficient (Wildman–Crippen LogP) is 2.71. The molecule has 2 saturated heterocycles. The van der Waals surface area contributed by atoms with E-state index in [1.54, 1.807) is 36.4 Å². The second kappa shape index (κ2) is 8.56. The molecule has 31 heavy (non-hydrogen) atoms. The van der Waals surface area contributed by atoms with Crippen molar-refractivity contribution in [2.24, 2.45) is 0 Å². The van der Waals surface area contributed by atoms with Crippen LogP contribution in [-0.4, -0.2) is 62.3 Å². The fourth-order valence-corrected chi connectivity index (χ4v) is 6.71. The minimum Gasteiger partial charge on any atom is -0.479 e. The van der Waals surface area contributed by atoms with E-state index >= 15 is 0 Å². The van der Waals surface area contributed by atoms with Crippen LogP contribution in [0.2, 0.25) is 0 Å². The third kappa shape index (κ3) is 4.04. The number of β-lactam (4-membered cyclic amide) rings is 1. The Morgan fingerprint density at radius 3 is 2.58 bits per heavy atom. The summed E-state index contributed by atoms with van der Waals surface area (Å²) in [5, 5.41) is 14.2. The number of carbonyl (C=O) groups is 4. The maximum absolute atomic E-state index is 12.9. The van der Waals surface area contributed by atoms with Gasteiger partial charge in [0.1, 0.15) is 11.4 Å². The van der Waals surface area contributed by atoms with Crippen LogP contribution >= 0.6 is 34.9 Å². The van der Waals surface area contributed by atoms with Crippen molar-refractivity contribution in [3.8, 4) is 0 Å². The minimum atomic E-state index is -1.59. The summed E-state index contributed by atoms with van der Waals surface area (Å²) >= 11 is 3.53. The van der Waals surface area contributed by atoms with Crippen molar-refractivity contribution in [3.63, 3.8) is 0 Å². The van der Waals surface area contributed by atoms with Gasteiger partial charge in [-0.15, -0.1) is 23.1 Å². The van der Waals surface area contributed by atoms with Crippen LogP contribution in [0.25, 0.3) is 0 Å². The van der Waals surface area contributed by atoms with E-state index in [9.17, 15) is 24.3 Å². The molecule has 3 amide bonds. The van der Waals surface area contributed by atoms with Gasteiger partial charge in [0, 0.05) is 17.6 Å². The molecule has 11 heteroatoms. The molecule has 4 rings (SSSR count). The molecule has 3 heterocycles. The summed E-state index contributed by atoms with van der Waals surface area (Å²) in [7, 11) is 0. The van der Waals surface area contributed by atoms with Crippen LogP contribution in [0.5, 0.6) is 0 Å². The van der Waals surface area contributed by atoms with Crippen molar-refractivity contribution < 1.29 is 24.3 Å². The smallest absolute Gasteiger partial charge is 0.332 e. The molecule has 1 aromatic heterocycles. The number of carboxylic acids is 1. The van der Waals surface area contributed by atoms with Crippen LogP contribution in [0.15, 0.2) is 52.7 Å². The number of carbonyl (C=O) groups excluding carboxylic acids is 3. The summed E-state index contributed by atoms with van der Waals surface area (Å²) < 4.78 is 0. The average Bonchev–Trinajstić information content (AvgIpc) is 3.26. The van der Waals surface area contributed by atoms with E-state index in [-0.39, 0.29) is 29.5 Å². The van der Waals surface area contributed by atoms with Gasteiger partial charge in [-0.1, -0.05) is 18.2 Å². The van der Waals surface area contributed by atoms with Gasteiger partial charge in [-0.05, 0) is 41.4 Å². The molecule has 1 aromatic carbocycles. The third-order valence-corrected chi connectivity index (χ3v) is 8.30. The van der Waals surface area contributed by atoms with Crippen molar-refractivity contribution in [2.45, 2.75) is 28.8 Å². The van der Waals surface area contributed by atoms with E-state index in [0.717, 1.165) is 11.8 Å². The summed E-state index contributed by atoms with van der Waals surface area (Å²) in [6, 6.07) is 11.8. The number of nitrogens with zero attached hydrogens (tertiary/aromatic N) is 2. The second-order valence-corrected chi connectivity index (χ2v) is 10.2. The van der Waals surface area contributed by atoms with E-state index in [4.69, 9.17) is 0 Å². The molecule has 0 aliphatic carbocycles. The van der Waals surface area contributed by atoms with E-state index < -0.39 is 22.8 Å². The van der Waals surface area contributed by atoms with Crippen molar-refractivity contribution in [3.05, 3.63) is 47.8 Å². The molecular weight excluding hydrogens is 458 g/mol. The van der Waals surface area contributed by atoms with Crippen molar-refractivity contribution in [1.82, 2.24) is 10.2 Å². The third-order valence-electron chi connectivity index (χ3n) is 5.12. The summed E-state index contributed by atoms with van der Waals surface area (Å²) in [6.45, 7) is 1.26. The highest BCUT2D eigenvalue weighted by atomic mass is 32.2. The second-order valence-electron chi connectivity index (χ2n) is 7.17. The number of benzene rings is 1. The van der Waals surface area contributed by atoms with Crippen LogP contribution in [0.4, 0.5) is 9.80 Å². The number of nitrogens with one attached hydrogen (secondary N) is 1. The van der Waals surface area contributed by atoms with Gasteiger partial charge in [0.2, 0.25) is 11.8 Å². The quantitative estimate of drug-likeness (QED) is 0.504. The standard InChI is InChI=1S/C20H19N3O5S3/c1-12(24)23(14-8-5-9-29-14)15-16(25)22-10-20(18(26)27,11-30-17(15)22)21-19(28)31-13-6-3-2-4-7-13/h2-9,15,17H,10-11H2,1H3,(H,21,28)(H,26,27)/t15?,17-,20?/m1/s1. The Morgan fingerprint density at radius 1 is 1.23 bits per heavy atom. The normalized spacial score (nSPS) is 24.7. The Hall–Kier alpha value is -2.50. The van der Waals surface area contributed by atoms with Crippen molar-refractivity contribution in [1.29, 1.82) is 0 Å². The molecular formula is C20H19N3O5S3. The summed E-state index contributed by atoms with van der Waals surface area (Å²) in [6.07, 6.45) is 0. The Bertz CT molecular complexity index is 1020. The van der Waals surface area contributed by atoms with Crippen LogP contribution in [0, 0.1) is 0 Å². The van der Waals surface area contributed by atoms with Gasteiger partial charge < -0.3 is 15.3 Å². The molecule has 2 unspecified atom stereocenters. The van der Waals surface area contributed by atoms with Gasteiger partial charge in [-0.2, -0.15) is 0 Å². The van der Waals surface area contributed by atoms with Gasteiger partial charge in [-0.25, -0.2) is 4.79 Å². The molecule has 2 fully saturated rings. The lowest BCUT2D eigenvalue weighted by atomic mass is 9.96. The lowest BCUT2D eigenvalue weighted by molar-refractivity contribution is -0.153. The number of aliphatic carboxylic acids is 1. The molecule has 162 valence electrons. The topological polar surface area (TPSA) is 107 Å². The number of rotatable bonds is 5. The zero-order chi connectivity index (χ0) is 22.2. The van der Waals surface area contributed by atoms with Crippen molar-refractivity contribution in [2.75, 3.05) is 17.2 Å². The van der Waals surface area contributed by atoms with Gasteiger partial charge >= 0.3 is 5.97 Å². The lowest BCUT2D eigenvalue weighted by Crippen LogP contribution is -2.78. The average molecular weight is 478 g/mol. The van der Waals surface area contributed by atoms with Crippen LogP contribution in [0.1, 0.15) is 6.92 Å². The first kappa shape index (κ1) is 21.7. The molecule has 0 saturated carbocycles. The molecule has 0 bridgehead atoms. The highest BCUT2D eigenvalue weighted by Gasteiger charge is 2.60. The van der Waals surface area contributed by atoms with Crippen LogP contribution in [0.3, 0.4) is 0 Å². The van der Waals surface area contributed by atoms with E-state index in [0.29, 0.717) is 9.90 Å². The predicted molar refractivity (Wildman–Crippen MR) is 120 cm³/mol. The molecule has 2 aliphatic heterocycles. The summed E-state index contributed by atoms with van der Waals surface area (Å²) in [4.78, 5) is 53.4. The zero-order valence-electron chi connectivity index (χ0n) is 16.4. The SMILES string of the molecule is CC(=O)N(c1cccs1)C1C(=O)N2CC(NC(=O)Sc3ccccc3)(C(=O)O)CS[C@H]12. The highest BCUT2D eigenvalue weighted by Crippen LogP contribution is 2.43. The Labute approximate surface area is 191 Å². The molecule has 2 aromatic rings. The minimum absolute atomic E-state index is 0.0879. The number of fused-ring (bicyclic) bond motifs is 1. The zero-order valence-corrected chi connectivity index (χ0v) is 18.8. The monoisotopic (exact) mass is 477 g/mol. The number of thioether (sulfide) groups is 2. The summed E-state index contributed by atoms with van der Waals surface area (Å²) in [5.74, 6) is -1.68. The van der Waals surface area contributed by atoms with E-state index in [1.807, 2.05) is 11.4 Å². The first-order valence-electron chi connectivity index (χ1n) is 9.36. The number of hydrogen-bond donors (Lipinski definition) is 2. The fraction of sp³-hybridized carbons (Fsp3) is 0.300. The van der Waals surface area contributed by atoms with Gasteiger partial charge in [0.05, 0.1) is 11.5 Å². The Balaban J connectivity index is 1.49. The number of hydrogen-bond acceptors (Lipinski definition) is 7. The first-order chi connectivity index (χ1) is 14.8. The van der Waals surface area contributed by atoms with E-state index in [2.05, 4.69) is 5.32 Å². The van der Waals surface area contributed by atoms with Crippen LogP contribution in [-0.2, 0) is 14.4 Å². The van der Waals surface area contributed by atoms with Gasteiger partial charge in [-0.3, -0.25) is 19.3 Å². The molecule has 2 N–H and O–H groups in total. The molecule has 0 radical (unpaired) electrons. The molecule has 2 aliphatic rings. The first-order valence-corrected chi connectivity index (χ1v) is 12.1. The summed E-state index contributed by atoms with van der Waals surface area (Å²) in [5.41, 5.74) is -1.59. The molecule has 3 atom stereocenters. The number of amides is 3. The van der Waals surface area contributed by atoms with Crippen LogP contribution < -0.4 is 10.2 Å². The largest absolute Gasteiger partial charge is 0.479 e.